The molecule has 0 bridgehead atoms. The molecule has 0 unspecified atom stereocenters. The van der Waals surface area contributed by atoms with Crippen molar-refractivity contribution in [2.24, 2.45) is 5.11 Å². The van der Waals surface area contributed by atoms with Gasteiger partial charge in [-0.15, -0.1) is 0 Å². The molecule has 0 heterocycles. The van der Waals surface area contributed by atoms with Crippen LogP contribution in [-0.4, -0.2) is 14.5 Å². The van der Waals surface area contributed by atoms with Gasteiger partial charge in [0, 0.05) is 21.5 Å². The number of benzene rings is 2. The number of hydrogen-bond donors (Lipinski definition) is 0. The first-order valence-electron chi connectivity index (χ1n) is 8.30. The van der Waals surface area contributed by atoms with Gasteiger partial charge in [-0.05, 0) is 73.7 Å². The van der Waals surface area contributed by atoms with Gasteiger partial charge in [-0.25, -0.2) is 17.2 Å². The Morgan fingerprint density at radius 2 is 1.74 bits per heavy atom. The van der Waals surface area contributed by atoms with E-state index in [4.69, 9.17) is 17.1 Å². The fourth-order valence-electron chi connectivity index (χ4n) is 3.63. The molecule has 1 aliphatic carbocycles. The second-order valence-electron chi connectivity index (χ2n) is 6.51. The SMILES string of the molecule is [N-]=[N+]=NC1CCC(c2cc(F)ccc2F)(S(=O)(=O)c2ccc(Cl)cc2)CC1. The topological polar surface area (TPSA) is 82.9 Å². The molecule has 1 saturated carbocycles. The first-order chi connectivity index (χ1) is 12.8. The van der Waals surface area contributed by atoms with Crippen LogP contribution in [0.3, 0.4) is 0 Å². The van der Waals surface area contributed by atoms with E-state index in [9.17, 15) is 17.2 Å². The lowest BCUT2D eigenvalue weighted by Gasteiger charge is -2.39. The Bertz CT molecular complexity index is 998. The molecular formula is C18H16ClF2N3O2S. The monoisotopic (exact) mass is 411 g/mol. The lowest BCUT2D eigenvalue weighted by molar-refractivity contribution is 0.337. The Kier molecular flexibility index (Phi) is 5.42. The molecule has 2 aromatic carbocycles. The first-order valence-corrected chi connectivity index (χ1v) is 10.2. The summed E-state index contributed by atoms with van der Waals surface area (Å²) in [6.45, 7) is 0. The summed E-state index contributed by atoms with van der Waals surface area (Å²) < 4.78 is 53.9. The van der Waals surface area contributed by atoms with Crippen LogP contribution < -0.4 is 0 Å². The van der Waals surface area contributed by atoms with E-state index < -0.39 is 26.2 Å². The Hall–Kier alpha value is -2.15. The predicted octanol–water partition coefficient (Wildman–Crippen LogP) is 5.54. The highest BCUT2D eigenvalue weighted by molar-refractivity contribution is 7.92. The van der Waals surface area contributed by atoms with Crippen LogP contribution in [0.1, 0.15) is 31.2 Å². The van der Waals surface area contributed by atoms with Crippen molar-refractivity contribution < 1.29 is 17.2 Å². The molecule has 0 atom stereocenters. The highest BCUT2D eigenvalue weighted by atomic mass is 35.5. The molecule has 5 nitrogen and oxygen atoms in total. The van der Waals surface area contributed by atoms with Crippen molar-refractivity contribution in [1.29, 1.82) is 0 Å². The van der Waals surface area contributed by atoms with Crippen molar-refractivity contribution in [1.82, 2.24) is 0 Å². The van der Waals surface area contributed by atoms with E-state index >= 15 is 0 Å². The fourth-order valence-corrected chi connectivity index (χ4v) is 5.92. The zero-order chi connectivity index (χ0) is 19.7. The number of halogens is 3. The van der Waals surface area contributed by atoms with Gasteiger partial charge in [0.05, 0.1) is 4.90 Å². The molecule has 9 heteroatoms. The van der Waals surface area contributed by atoms with Gasteiger partial charge in [0.25, 0.3) is 0 Å². The van der Waals surface area contributed by atoms with E-state index in [0.29, 0.717) is 5.02 Å². The van der Waals surface area contributed by atoms with Crippen LogP contribution in [0.2, 0.25) is 5.02 Å². The summed E-state index contributed by atoms with van der Waals surface area (Å²) in [6, 6.07) is 8.05. The van der Waals surface area contributed by atoms with Crippen LogP contribution in [0.25, 0.3) is 10.4 Å². The average molecular weight is 412 g/mol. The van der Waals surface area contributed by atoms with E-state index in [1.807, 2.05) is 0 Å². The van der Waals surface area contributed by atoms with E-state index in [-0.39, 0.29) is 42.2 Å². The van der Waals surface area contributed by atoms with Gasteiger partial charge in [0.2, 0.25) is 0 Å². The Morgan fingerprint density at radius 3 is 2.33 bits per heavy atom. The van der Waals surface area contributed by atoms with Crippen molar-refractivity contribution in [3.8, 4) is 0 Å². The Morgan fingerprint density at radius 1 is 1.11 bits per heavy atom. The van der Waals surface area contributed by atoms with Gasteiger partial charge in [-0.3, -0.25) is 0 Å². The summed E-state index contributed by atoms with van der Waals surface area (Å²) in [5.41, 5.74) is 8.43. The molecule has 0 N–H and O–H groups in total. The van der Waals surface area contributed by atoms with Gasteiger partial charge in [0.1, 0.15) is 16.4 Å². The maximum atomic E-state index is 14.6. The molecule has 0 aliphatic heterocycles. The number of azide groups is 1. The molecule has 0 aromatic heterocycles. The molecule has 0 amide bonds. The lowest BCUT2D eigenvalue weighted by Crippen LogP contribution is -2.41. The van der Waals surface area contributed by atoms with Crippen molar-refractivity contribution in [2.45, 2.75) is 41.4 Å². The second kappa shape index (κ2) is 7.46. The summed E-state index contributed by atoms with van der Waals surface area (Å²) in [7, 11) is -4.07. The molecule has 1 aliphatic rings. The Balaban J connectivity index is 2.18. The summed E-state index contributed by atoms with van der Waals surface area (Å²) in [5, 5.41) is 4.02. The number of nitrogens with zero attached hydrogens (tertiary/aromatic N) is 3. The van der Waals surface area contributed by atoms with Crippen molar-refractivity contribution in [3.05, 3.63) is 75.1 Å². The standard InChI is InChI=1S/C18H16ClF2N3O2S/c19-12-1-4-15(5-2-12)27(25,26)18(9-7-14(8-10-18)23-24-22)16-11-13(20)3-6-17(16)21/h1-6,11,14H,7-10H2. The van der Waals surface area contributed by atoms with Crippen LogP contribution in [0.4, 0.5) is 8.78 Å². The minimum Gasteiger partial charge on any atom is -0.223 e. The predicted molar refractivity (Wildman–Crippen MR) is 98.1 cm³/mol. The van der Waals surface area contributed by atoms with E-state index in [1.54, 1.807) is 0 Å². The smallest absolute Gasteiger partial charge is 0.188 e. The minimum absolute atomic E-state index is 0.0159. The average Bonchev–Trinajstić information content (AvgIpc) is 2.65. The normalized spacial score (nSPS) is 22.9. The molecule has 142 valence electrons. The van der Waals surface area contributed by atoms with Crippen molar-refractivity contribution in [2.75, 3.05) is 0 Å². The van der Waals surface area contributed by atoms with Crippen LogP contribution in [-0.2, 0) is 14.6 Å². The van der Waals surface area contributed by atoms with Gasteiger partial charge in [-0.1, -0.05) is 16.7 Å². The number of hydrogen-bond acceptors (Lipinski definition) is 3. The maximum Gasteiger partial charge on any atom is 0.188 e. The van der Waals surface area contributed by atoms with Gasteiger partial charge >= 0.3 is 0 Å². The van der Waals surface area contributed by atoms with Crippen molar-refractivity contribution >= 4 is 21.4 Å². The first kappa shape index (κ1) is 19.6. The number of rotatable bonds is 4. The fraction of sp³-hybridized carbons (Fsp3) is 0.333. The summed E-state index contributed by atoms with van der Waals surface area (Å²) in [4.78, 5) is 2.75. The highest BCUT2D eigenvalue weighted by Crippen LogP contribution is 2.48. The third kappa shape index (κ3) is 3.52. The third-order valence-electron chi connectivity index (χ3n) is 5.04. The molecule has 27 heavy (non-hydrogen) atoms. The molecule has 2 aromatic rings. The Labute approximate surface area is 160 Å². The largest absolute Gasteiger partial charge is 0.223 e. The molecule has 3 rings (SSSR count). The summed E-state index contributed by atoms with van der Waals surface area (Å²) in [6.07, 6.45) is 0.545. The van der Waals surface area contributed by atoms with Gasteiger partial charge in [-0.2, -0.15) is 0 Å². The maximum absolute atomic E-state index is 14.6. The zero-order valence-corrected chi connectivity index (χ0v) is 15.7. The molecule has 0 spiro atoms. The third-order valence-corrected chi connectivity index (χ3v) is 7.84. The molecule has 1 fully saturated rings. The van der Waals surface area contributed by atoms with Gasteiger partial charge in [0.15, 0.2) is 9.84 Å². The molecule has 0 radical (unpaired) electrons. The van der Waals surface area contributed by atoms with Crippen LogP contribution in [0.15, 0.2) is 52.5 Å². The lowest BCUT2D eigenvalue weighted by atomic mass is 9.80. The molecule has 0 saturated heterocycles. The van der Waals surface area contributed by atoms with E-state index in [1.165, 1.54) is 24.3 Å². The second-order valence-corrected chi connectivity index (χ2v) is 9.21. The van der Waals surface area contributed by atoms with E-state index in [0.717, 1.165) is 18.2 Å². The van der Waals surface area contributed by atoms with Crippen molar-refractivity contribution in [3.63, 3.8) is 0 Å². The van der Waals surface area contributed by atoms with Crippen LogP contribution in [0.5, 0.6) is 0 Å². The highest BCUT2D eigenvalue weighted by Gasteiger charge is 2.49. The number of sulfone groups is 1. The zero-order valence-electron chi connectivity index (χ0n) is 14.1. The minimum atomic E-state index is -4.07. The van der Waals surface area contributed by atoms with Crippen LogP contribution >= 0.6 is 11.6 Å². The summed E-state index contributed by atoms with van der Waals surface area (Å²) >= 11 is 5.85. The molecular weight excluding hydrogens is 396 g/mol. The van der Waals surface area contributed by atoms with Gasteiger partial charge < -0.3 is 0 Å². The quantitative estimate of drug-likeness (QED) is 0.376. The van der Waals surface area contributed by atoms with E-state index in [2.05, 4.69) is 10.0 Å². The summed E-state index contributed by atoms with van der Waals surface area (Å²) in [5.74, 6) is -1.49. The van der Waals surface area contributed by atoms with Crippen LogP contribution in [0, 0.1) is 11.6 Å².